The minimum absolute atomic E-state index is 0.0174. The maximum absolute atomic E-state index is 11.8. The van der Waals surface area contributed by atoms with Gasteiger partial charge in [-0.05, 0) is 98.0 Å². The number of aromatic nitrogens is 3. The lowest BCUT2D eigenvalue weighted by atomic mass is 10.2. The highest BCUT2D eigenvalue weighted by atomic mass is 79.9. The van der Waals surface area contributed by atoms with Crippen molar-refractivity contribution in [2.24, 2.45) is 0 Å². The van der Waals surface area contributed by atoms with Crippen LogP contribution in [-0.4, -0.2) is 136 Å². The molecule has 12 nitrogen and oxygen atoms in total. The number of aromatic hydroxyl groups is 1. The predicted octanol–water partition coefficient (Wildman–Crippen LogP) is 6.45. The number of amides is 2. The number of ether oxygens (including phenoxy) is 2. The van der Waals surface area contributed by atoms with E-state index in [0.29, 0.717) is 25.0 Å². The Morgan fingerprint density at radius 3 is 1.71 bits per heavy atom. The standard InChI is InChI=1S/C13H18BrN3O2.C7H7BrClNO.C6H12N2O.C5H4BrNO.C2H4BrCl/c1-10-13(18)16(2)5-6-17(10)7-8-19-11-3-4-12(14)15-9-11;8-7-2-1-6(5-10-7)11-4-3-9;1-5-6(9)8(2)4-3-7-5;6-5-2-1-4(8)3-7-5;3-1-2-4/h3-4,9-10H,5-8H2,1-2H3;1-2,5H,3-4H2;5,7H,3-4H2,1-2H3;1-3,8H;1-2H2/t10-;;5-;;/m1.1../s1. The summed E-state index contributed by atoms with van der Waals surface area (Å²) in [6.45, 7) is 9.09. The summed E-state index contributed by atoms with van der Waals surface area (Å²) in [6.07, 6.45) is 4.71. The van der Waals surface area contributed by atoms with E-state index in [4.69, 9.17) is 37.8 Å². The van der Waals surface area contributed by atoms with E-state index in [1.54, 1.807) is 34.3 Å². The van der Waals surface area contributed by atoms with E-state index < -0.39 is 0 Å². The van der Waals surface area contributed by atoms with Crippen LogP contribution in [0.25, 0.3) is 0 Å². The molecule has 2 aliphatic heterocycles. The predicted molar refractivity (Wildman–Crippen MR) is 217 cm³/mol. The summed E-state index contributed by atoms with van der Waals surface area (Å²) in [4.78, 5) is 40.3. The second-order valence-corrected chi connectivity index (χ2v) is 14.6. The number of nitrogens with one attached hydrogen (secondary N) is 1. The number of pyridine rings is 3. The molecule has 5 heterocycles. The molecule has 5 rings (SSSR count). The lowest BCUT2D eigenvalue weighted by molar-refractivity contribution is -0.139. The molecule has 284 valence electrons. The Balaban J connectivity index is 0.000000348. The number of hydrogen-bond donors (Lipinski definition) is 2. The minimum Gasteiger partial charge on any atom is -0.506 e. The van der Waals surface area contributed by atoms with E-state index in [9.17, 15) is 9.59 Å². The Kier molecular flexibility index (Phi) is 25.7. The van der Waals surface area contributed by atoms with Crippen molar-refractivity contribution in [1.29, 1.82) is 0 Å². The van der Waals surface area contributed by atoms with Crippen molar-refractivity contribution in [2.75, 3.05) is 77.1 Å². The molecule has 3 aromatic heterocycles. The molecule has 2 atom stereocenters. The van der Waals surface area contributed by atoms with Crippen molar-refractivity contribution in [3.63, 3.8) is 0 Å². The second kappa shape index (κ2) is 27.8. The smallest absolute Gasteiger partial charge is 0.239 e. The van der Waals surface area contributed by atoms with Crippen LogP contribution in [0, 0.1) is 0 Å². The maximum Gasteiger partial charge on any atom is 0.239 e. The van der Waals surface area contributed by atoms with Crippen molar-refractivity contribution in [3.05, 3.63) is 68.8 Å². The summed E-state index contributed by atoms with van der Waals surface area (Å²) in [7, 11) is 3.68. The first-order valence-corrected chi connectivity index (χ1v) is 20.3. The number of carbonyl (C=O) groups is 2. The van der Waals surface area contributed by atoms with Crippen LogP contribution in [0.4, 0.5) is 0 Å². The summed E-state index contributed by atoms with van der Waals surface area (Å²) >= 11 is 23.3. The molecule has 0 unspecified atom stereocenters. The van der Waals surface area contributed by atoms with Crippen LogP contribution in [0.2, 0.25) is 0 Å². The quantitative estimate of drug-likeness (QED) is 0.192. The number of piperazine rings is 2. The molecular weight excluding hydrogens is 965 g/mol. The van der Waals surface area contributed by atoms with Crippen molar-refractivity contribution >= 4 is 98.7 Å². The van der Waals surface area contributed by atoms with E-state index in [2.05, 4.69) is 88.9 Å². The van der Waals surface area contributed by atoms with Gasteiger partial charge in [-0.3, -0.25) is 14.5 Å². The zero-order chi connectivity index (χ0) is 38.2. The van der Waals surface area contributed by atoms with Gasteiger partial charge in [-0.25, -0.2) is 15.0 Å². The Bertz CT molecular complexity index is 1350. The first kappa shape index (κ1) is 47.2. The zero-order valence-electron chi connectivity index (χ0n) is 29.0. The fraction of sp³-hybridized carbons (Fsp3) is 0.485. The fourth-order valence-corrected chi connectivity index (χ4v) is 4.82. The molecule has 0 radical (unpaired) electrons. The van der Waals surface area contributed by atoms with Gasteiger partial charge in [0.05, 0.1) is 36.6 Å². The minimum atomic E-state index is -0.0645. The molecule has 2 aliphatic rings. The third-order valence-electron chi connectivity index (χ3n) is 6.83. The number of alkyl halides is 3. The Morgan fingerprint density at radius 1 is 0.784 bits per heavy atom. The summed E-state index contributed by atoms with van der Waals surface area (Å²) in [5.74, 6) is 3.26. The molecule has 0 aliphatic carbocycles. The van der Waals surface area contributed by atoms with Crippen LogP contribution in [0.1, 0.15) is 13.8 Å². The van der Waals surface area contributed by atoms with Gasteiger partial charge in [0.15, 0.2) is 0 Å². The first-order chi connectivity index (χ1) is 24.3. The molecule has 0 bridgehead atoms. The summed E-state index contributed by atoms with van der Waals surface area (Å²) in [5, 5.41) is 12.6. The van der Waals surface area contributed by atoms with Crippen molar-refractivity contribution < 1.29 is 24.2 Å². The number of nitrogens with zero attached hydrogens (tertiary/aromatic N) is 6. The molecule has 2 fully saturated rings. The van der Waals surface area contributed by atoms with Crippen LogP contribution >= 0.6 is 86.9 Å². The molecule has 0 spiro atoms. The normalized spacial score (nSPS) is 16.9. The molecule has 51 heavy (non-hydrogen) atoms. The number of carbonyl (C=O) groups excluding carboxylic acids is 2. The van der Waals surface area contributed by atoms with Crippen molar-refractivity contribution in [2.45, 2.75) is 25.9 Å². The monoisotopic (exact) mass is 1000 g/mol. The van der Waals surface area contributed by atoms with Crippen molar-refractivity contribution in [3.8, 4) is 17.2 Å². The van der Waals surface area contributed by atoms with Gasteiger partial charge in [0.25, 0.3) is 0 Å². The number of rotatable bonds is 8. The van der Waals surface area contributed by atoms with Gasteiger partial charge in [0, 0.05) is 58.0 Å². The van der Waals surface area contributed by atoms with Gasteiger partial charge in [-0.1, -0.05) is 15.9 Å². The SMILES string of the molecule is C[C@@H]1C(=O)N(C)CCN1CCOc1ccc(Br)nc1.C[C@H]1NCCN(C)C1=O.ClCCBr.ClCCOc1ccc(Br)nc1.Oc1ccc(Br)nc1. The fourth-order valence-electron chi connectivity index (χ4n) is 4.04. The Hall–Kier alpha value is -1.79. The first-order valence-electron chi connectivity index (χ1n) is 15.8. The van der Waals surface area contributed by atoms with Crippen LogP contribution in [0.15, 0.2) is 68.8 Å². The maximum atomic E-state index is 11.8. The van der Waals surface area contributed by atoms with Crippen molar-refractivity contribution in [1.82, 2.24) is 35.0 Å². The second-order valence-electron chi connectivity index (χ2n) is 10.6. The highest BCUT2D eigenvalue weighted by molar-refractivity contribution is 9.11. The van der Waals surface area contributed by atoms with E-state index in [0.717, 1.165) is 63.4 Å². The van der Waals surface area contributed by atoms with Gasteiger partial charge >= 0.3 is 0 Å². The Labute approximate surface area is 344 Å². The third kappa shape index (κ3) is 20.9. The van der Waals surface area contributed by atoms with Gasteiger partial charge in [-0.15, -0.1) is 23.2 Å². The average molecular weight is 1010 g/mol. The van der Waals surface area contributed by atoms with Gasteiger partial charge in [0.1, 0.15) is 44.3 Å². The van der Waals surface area contributed by atoms with Crippen LogP contribution < -0.4 is 14.8 Å². The molecule has 2 N–H and O–H groups in total. The summed E-state index contributed by atoms with van der Waals surface area (Å²) < 4.78 is 13.1. The molecular formula is C33H45Br4Cl2N7O5. The highest BCUT2D eigenvalue weighted by Gasteiger charge is 2.28. The van der Waals surface area contributed by atoms with E-state index in [-0.39, 0.29) is 29.6 Å². The topological polar surface area (TPSA) is 133 Å². The van der Waals surface area contributed by atoms with Crippen LogP contribution in [-0.2, 0) is 9.59 Å². The van der Waals surface area contributed by atoms with E-state index in [1.165, 1.54) is 6.20 Å². The summed E-state index contributed by atoms with van der Waals surface area (Å²) in [6, 6.07) is 10.6. The molecule has 3 aromatic rings. The zero-order valence-corrected chi connectivity index (χ0v) is 36.8. The van der Waals surface area contributed by atoms with Crippen LogP contribution in [0.5, 0.6) is 17.2 Å². The molecule has 2 amide bonds. The number of hydrogen-bond acceptors (Lipinski definition) is 10. The van der Waals surface area contributed by atoms with Crippen LogP contribution in [0.3, 0.4) is 0 Å². The highest BCUT2D eigenvalue weighted by Crippen LogP contribution is 2.14. The lowest BCUT2D eigenvalue weighted by Gasteiger charge is -2.37. The number of halogens is 6. The third-order valence-corrected chi connectivity index (χ3v) is 9.43. The molecule has 0 aromatic carbocycles. The largest absolute Gasteiger partial charge is 0.506 e. The van der Waals surface area contributed by atoms with Gasteiger partial charge in [-0.2, -0.15) is 0 Å². The molecule has 18 heteroatoms. The Morgan fingerprint density at radius 2 is 1.29 bits per heavy atom. The van der Waals surface area contributed by atoms with E-state index in [1.807, 2.05) is 52.2 Å². The van der Waals surface area contributed by atoms with Gasteiger partial charge in [0.2, 0.25) is 11.8 Å². The molecule has 0 saturated carbocycles. The lowest BCUT2D eigenvalue weighted by Crippen LogP contribution is -2.55. The molecule has 2 saturated heterocycles. The average Bonchev–Trinajstić information content (AvgIpc) is 3.13. The number of likely N-dealkylation sites (N-methyl/N-ethyl adjacent to an activating group) is 2. The van der Waals surface area contributed by atoms with E-state index >= 15 is 0 Å². The summed E-state index contributed by atoms with van der Waals surface area (Å²) in [5.41, 5.74) is 0. The van der Waals surface area contributed by atoms with Gasteiger partial charge < -0.3 is 29.7 Å².